The minimum absolute atomic E-state index is 0.366. The first-order valence-electron chi connectivity index (χ1n) is 7.57. The molecule has 0 spiro atoms. The van der Waals surface area contributed by atoms with Crippen molar-refractivity contribution in [3.05, 3.63) is 16.4 Å². The Hall–Kier alpha value is -0.350. The van der Waals surface area contributed by atoms with Crippen LogP contribution >= 0.6 is 15.9 Å². The van der Waals surface area contributed by atoms with Gasteiger partial charge in [-0.05, 0) is 54.1 Å². The van der Waals surface area contributed by atoms with Gasteiger partial charge >= 0.3 is 0 Å². The Balaban J connectivity index is 2.33. The highest BCUT2D eigenvalue weighted by atomic mass is 79.9. The zero-order chi connectivity index (χ0) is 13.9. The first-order chi connectivity index (χ1) is 9.12. The molecule has 1 fully saturated rings. The van der Waals surface area contributed by atoms with Crippen molar-refractivity contribution in [2.24, 2.45) is 5.41 Å². The molecular formula is C15H26BrN3. The minimum Gasteiger partial charge on any atom is -0.308 e. The lowest BCUT2D eigenvalue weighted by molar-refractivity contribution is 0.212. The lowest BCUT2D eigenvalue weighted by Gasteiger charge is -2.35. The summed E-state index contributed by atoms with van der Waals surface area (Å²) in [7, 11) is 0. The average molecular weight is 328 g/mol. The van der Waals surface area contributed by atoms with E-state index in [1.54, 1.807) is 0 Å². The molecule has 0 aromatic carbocycles. The number of aryl methyl sites for hydroxylation is 1. The van der Waals surface area contributed by atoms with Crippen molar-refractivity contribution in [1.82, 2.24) is 15.1 Å². The molecule has 0 radical (unpaired) electrons. The van der Waals surface area contributed by atoms with Crippen LogP contribution in [-0.2, 0) is 6.54 Å². The van der Waals surface area contributed by atoms with Crippen LogP contribution in [0.25, 0.3) is 0 Å². The van der Waals surface area contributed by atoms with E-state index in [-0.39, 0.29) is 0 Å². The average Bonchev–Trinajstić information content (AvgIpc) is 2.98. The van der Waals surface area contributed by atoms with Crippen LogP contribution in [0.2, 0.25) is 0 Å². The molecule has 0 saturated heterocycles. The molecule has 108 valence electrons. The highest BCUT2D eigenvalue weighted by Gasteiger charge is 2.39. The molecule has 1 aliphatic rings. The number of hydrogen-bond donors (Lipinski definition) is 1. The third-order valence-electron chi connectivity index (χ3n) is 4.45. The van der Waals surface area contributed by atoms with Crippen molar-refractivity contribution in [2.75, 3.05) is 6.54 Å². The van der Waals surface area contributed by atoms with E-state index in [2.05, 4.69) is 51.8 Å². The SMILES string of the molecule is CCCNC(c1c(Br)cnn1CC)C1(C)CCCC1. The summed E-state index contributed by atoms with van der Waals surface area (Å²) in [4.78, 5) is 0. The van der Waals surface area contributed by atoms with Crippen molar-refractivity contribution < 1.29 is 0 Å². The lowest BCUT2D eigenvalue weighted by Crippen LogP contribution is -2.36. The highest BCUT2D eigenvalue weighted by Crippen LogP contribution is 2.48. The molecule has 1 saturated carbocycles. The van der Waals surface area contributed by atoms with E-state index in [4.69, 9.17) is 0 Å². The molecule has 4 heteroatoms. The summed E-state index contributed by atoms with van der Waals surface area (Å²) in [6.45, 7) is 8.83. The Bertz CT molecular complexity index is 408. The van der Waals surface area contributed by atoms with Crippen LogP contribution in [0.5, 0.6) is 0 Å². The van der Waals surface area contributed by atoms with Crippen molar-refractivity contribution in [3.63, 3.8) is 0 Å². The van der Waals surface area contributed by atoms with Crippen molar-refractivity contribution >= 4 is 15.9 Å². The van der Waals surface area contributed by atoms with Gasteiger partial charge in [0.05, 0.1) is 22.4 Å². The first-order valence-corrected chi connectivity index (χ1v) is 8.36. The molecule has 1 aromatic heterocycles. The molecule has 1 aliphatic carbocycles. The summed E-state index contributed by atoms with van der Waals surface area (Å²) in [6, 6.07) is 0.409. The molecule has 0 amide bonds. The Kier molecular flexibility index (Phi) is 5.07. The zero-order valence-electron chi connectivity index (χ0n) is 12.4. The number of aromatic nitrogens is 2. The molecule has 1 atom stereocenters. The normalized spacial score (nSPS) is 19.8. The van der Waals surface area contributed by atoms with Gasteiger partial charge in [0.1, 0.15) is 0 Å². The second-order valence-electron chi connectivity index (χ2n) is 5.94. The fraction of sp³-hybridized carbons (Fsp3) is 0.800. The second-order valence-corrected chi connectivity index (χ2v) is 6.80. The Morgan fingerprint density at radius 1 is 1.42 bits per heavy atom. The maximum atomic E-state index is 4.50. The van der Waals surface area contributed by atoms with Gasteiger partial charge < -0.3 is 5.32 Å². The van der Waals surface area contributed by atoms with Gasteiger partial charge in [-0.2, -0.15) is 5.10 Å². The standard InChI is InChI=1S/C15H26BrN3/c1-4-10-17-14(15(3)8-6-7-9-15)13-12(16)11-18-19(13)5-2/h11,14,17H,4-10H2,1-3H3. The molecule has 0 bridgehead atoms. The lowest BCUT2D eigenvalue weighted by atomic mass is 9.79. The highest BCUT2D eigenvalue weighted by molar-refractivity contribution is 9.10. The molecule has 19 heavy (non-hydrogen) atoms. The van der Waals surface area contributed by atoms with Gasteiger partial charge in [-0.3, -0.25) is 4.68 Å². The molecule has 3 nitrogen and oxygen atoms in total. The van der Waals surface area contributed by atoms with E-state index in [0.717, 1.165) is 17.6 Å². The van der Waals surface area contributed by atoms with Crippen molar-refractivity contribution in [1.29, 1.82) is 0 Å². The number of halogens is 1. The van der Waals surface area contributed by atoms with Crippen LogP contribution in [0.15, 0.2) is 10.7 Å². The quantitative estimate of drug-likeness (QED) is 0.844. The van der Waals surface area contributed by atoms with Gasteiger partial charge in [-0.25, -0.2) is 0 Å². The van der Waals surface area contributed by atoms with E-state index in [1.165, 1.54) is 37.8 Å². The van der Waals surface area contributed by atoms with E-state index in [0.29, 0.717) is 11.5 Å². The van der Waals surface area contributed by atoms with Gasteiger partial charge in [0.25, 0.3) is 0 Å². The summed E-state index contributed by atoms with van der Waals surface area (Å²) < 4.78 is 3.29. The molecule has 1 aromatic rings. The Labute approximate surface area is 125 Å². The predicted octanol–water partition coefficient (Wildman–Crippen LogP) is 4.29. The molecule has 0 aliphatic heterocycles. The first kappa shape index (κ1) is 15.0. The number of rotatable bonds is 6. The maximum absolute atomic E-state index is 4.50. The molecule has 1 N–H and O–H groups in total. The Morgan fingerprint density at radius 3 is 2.68 bits per heavy atom. The summed E-state index contributed by atoms with van der Waals surface area (Å²) in [5.41, 5.74) is 1.70. The topological polar surface area (TPSA) is 29.9 Å². The van der Waals surface area contributed by atoms with Gasteiger partial charge in [-0.15, -0.1) is 0 Å². The smallest absolute Gasteiger partial charge is 0.0701 e. The number of hydrogen-bond acceptors (Lipinski definition) is 2. The van der Waals surface area contributed by atoms with E-state index in [1.807, 2.05) is 6.20 Å². The van der Waals surface area contributed by atoms with Crippen LogP contribution in [0.3, 0.4) is 0 Å². The van der Waals surface area contributed by atoms with Crippen LogP contribution in [0, 0.1) is 5.41 Å². The second kappa shape index (κ2) is 6.40. The third kappa shape index (κ3) is 3.05. The maximum Gasteiger partial charge on any atom is 0.0701 e. The minimum atomic E-state index is 0.366. The predicted molar refractivity (Wildman–Crippen MR) is 83.2 cm³/mol. The van der Waals surface area contributed by atoms with E-state index in [9.17, 15) is 0 Å². The van der Waals surface area contributed by atoms with E-state index >= 15 is 0 Å². The molecule has 2 rings (SSSR count). The monoisotopic (exact) mass is 327 g/mol. The van der Waals surface area contributed by atoms with Crippen molar-refractivity contribution in [2.45, 2.75) is 65.5 Å². The van der Waals surface area contributed by atoms with Crippen LogP contribution < -0.4 is 5.32 Å². The third-order valence-corrected chi connectivity index (χ3v) is 5.06. The fourth-order valence-corrected chi connectivity index (χ4v) is 3.87. The summed E-state index contributed by atoms with van der Waals surface area (Å²) in [6.07, 6.45) is 8.46. The summed E-state index contributed by atoms with van der Waals surface area (Å²) >= 11 is 3.70. The number of nitrogens with zero attached hydrogens (tertiary/aromatic N) is 2. The van der Waals surface area contributed by atoms with Crippen molar-refractivity contribution in [3.8, 4) is 0 Å². The van der Waals surface area contributed by atoms with Gasteiger partial charge in [0, 0.05) is 6.54 Å². The van der Waals surface area contributed by atoms with Crippen LogP contribution in [0.1, 0.15) is 64.6 Å². The van der Waals surface area contributed by atoms with E-state index < -0.39 is 0 Å². The van der Waals surface area contributed by atoms with Gasteiger partial charge in [0.15, 0.2) is 0 Å². The van der Waals surface area contributed by atoms with Gasteiger partial charge in [-0.1, -0.05) is 26.7 Å². The molecule has 1 unspecified atom stereocenters. The largest absolute Gasteiger partial charge is 0.308 e. The fourth-order valence-electron chi connectivity index (χ4n) is 3.34. The molecule has 1 heterocycles. The summed E-state index contributed by atoms with van der Waals surface area (Å²) in [5.74, 6) is 0. The number of nitrogens with one attached hydrogen (secondary N) is 1. The van der Waals surface area contributed by atoms with Crippen LogP contribution in [-0.4, -0.2) is 16.3 Å². The summed E-state index contributed by atoms with van der Waals surface area (Å²) in [5, 5.41) is 8.27. The van der Waals surface area contributed by atoms with Crippen LogP contribution in [0.4, 0.5) is 0 Å². The molecular weight excluding hydrogens is 302 g/mol. The zero-order valence-corrected chi connectivity index (χ0v) is 14.0. The van der Waals surface area contributed by atoms with Gasteiger partial charge in [0.2, 0.25) is 0 Å². The Morgan fingerprint density at radius 2 is 2.11 bits per heavy atom.